The Kier molecular flexibility index (Phi) is 306. The zero-order valence-electron chi connectivity index (χ0n) is 1.63. The van der Waals surface area contributed by atoms with E-state index in [9.17, 15) is 0 Å². The molecule has 0 radical (unpaired) electrons. The van der Waals surface area contributed by atoms with Crippen LogP contribution in [0, 0.1) is 0 Å². The molecule has 2 nitrogen and oxygen atoms in total. The molecule has 0 unspecified atom stereocenters. The molecule has 0 aliphatic carbocycles. The first-order valence-electron chi connectivity index (χ1n) is 0. The number of hydrogen-bond donors (Lipinski definition) is 0. The van der Waals surface area contributed by atoms with E-state index in [2.05, 4.69) is 0 Å². The molecule has 0 aromatic rings. The summed E-state index contributed by atoms with van der Waals surface area (Å²) in [5.74, 6) is 0. The van der Waals surface area contributed by atoms with Crippen molar-refractivity contribution >= 4 is 0 Å². The van der Waals surface area contributed by atoms with E-state index in [-0.39, 0.29) is 58.2 Å². The molecule has 0 saturated heterocycles. The first-order chi connectivity index (χ1) is 0. The molecule has 0 saturated carbocycles. The van der Waals surface area contributed by atoms with Crippen LogP contribution in [0.2, 0.25) is 0 Å². The Balaban J connectivity index is 0. The van der Waals surface area contributed by atoms with Gasteiger partial charge in [0, 0.05) is 0 Å². The van der Waals surface area contributed by atoms with Crippen molar-refractivity contribution < 1.29 is 58.2 Å². The van der Waals surface area contributed by atoms with Crippen molar-refractivity contribution in [2.75, 3.05) is 0 Å². The summed E-state index contributed by atoms with van der Waals surface area (Å²) in [6, 6.07) is 0. The Morgan fingerprint density at radius 2 is 0.750 bits per heavy atom. The van der Waals surface area contributed by atoms with Gasteiger partial charge in [-0.25, -0.2) is 0 Å². The van der Waals surface area contributed by atoms with Crippen LogP contribution in [0.4, 0.5) is 0 Å². The van der Waals surface area contributed by atoms with Gasteiger partial charge in [-0.3, -0.25) is 0 Å². The number of hydrogen-bond acceptors (Lipinski definition) is 0. The van der Waals surface area contributed by atoms with Crippen LogP contribution in [0.15, 0.2) is 0 Å². The van der Waals surface area contributed by atoms with Crippen molar-refractivity contribution in [1.29, 1.82) is 0 Å². The predicted molar refractivity (Wildman–Crippen MR) is 1.37 cm³/mol. The van der Waals surface area contributed by atoms with Gasteiger partial charge >= 0.3 is 47.3 Å². The molecule has 4 heavy (non-hydrogen) atoms. The second kappa shape index (κ2) is 24.6. The van der Waals surface area contributed by atoms with Crippen LogP contribution in [-0.4, -0.2) is 0 Å². The van der Waals surface area contributed by atoms with Crippen LogP contribution >= 0.6 is 0 Å². The van der Waals surface area contributed by atoms with E-state index >= 15 is 0 Å². The van der Waals surface area contributed by atoms with E-state index in [1.807, 2.05) is 0 Å². The molecule has 0 fully saturated rings. The Labute approximate surface area is 58.0 Å². The SMILES string of the molecule is [O-2].[O-2].[Pt+2].[Zr+4]. The molecule has 0 aliphatic rings. The zero-order valence-corrected chi connectivity index (χ0v) is 6.36. The Bertz CT molecular complexity index is 6.00. The first kappa shape index (κ1) is 49.8. The van der Waals surface area contributed by atoms with Gasteiger partial charge in [0.25, 0.3) is 0 Å². The maximum Gasteiger partial charge on any atom is 4.00 e. The third kappa shape index (κ3) is 9.74. The fourth-order valence-electron chi connectivity index (χ4n) is 0. The van der Waals surface area contributed by atoms with E-state index in [0.29, 0.717) is 0 Å². The molecule has 4 heteroatoms. The summed E-state index contributed by atoms with van der Waals surface area (Å²) < 4.78 is 0. The standard InChI is InChI=1S/2O.Pt.Zr/q2*-2;+2;+4. The third-order valence-electron chi connectivity index (χ3n) is 0. The minimum atomic E-state index is 0. The summed E-state index contributed by atoms with van der Waals surface area (Å²) in [5.41, 5.74) is 0. The minimum Gasteiger partial charge on any atom is -2.00 e. The molecule has 0 aromatic carbocycles. The minimum absolute atomic E-state index is 0. The van der Waals surface area contributed by atoms with Crippen LogP contribution in [-0.2, 0) is 58.2 Å². The molecule has 0 aliphatic heterocycles. The van der Waals surface area contributed by atoms with Crippen molar-refractivity contribution in [1.82, 2.24) is 0 Å². The van der Waals surface area contributed by atoms with Crippen molar-refractivity contribution in [2.24, 2.45) is 0 Å². The van der Waals surface area contributed by atoms with Crippen LogP contribution in [0.5, 0.6) is 0 Å². The average molecular weight is 318 g/mol. The third-order valence-corrected chi connectivity index (χ3v) is 0. The van der Waals surface area contributed by atoms with Crippen molar-refractivity contribution in [3.63, 3.8) is 0 Å². The second-order valence-corrected chi connectivity index (χ2v) is 0. The van der Waals surface area contributed by atoms with Crippen LogP contribution < -0.4 is 0 Å². The van der Waals surface area contributed by atoms with Gasteiger partial charge in [0.05, 0.1) is 0 Å². The topological polar surface area (TPSA) is 57.0 Å². The molecule has 0 spiro atoms. The summed E-state index contributed by atoms with van der Waals surface area (Å²) in [4.78, 5) is 0. The summed E-state index contributed by atoms with van der Waals surface area (Å²) in [7, 11) is 0. The monoisotopic (exact) mass is 317 g/mol. The molecule has 0 N–H and O–H groups in total. The predicted octanol–water partition coefficient (Wildman–Crippen LogP) is -0.243. The van der Waals surface area contributed by atoms with Crippen molar-refractivity contribution in [3.05, 3.63) is 0 Å². The maximum atomic E-state index is 0. The Morgan fingerprint density at radius 3 is 0.750 bits per heavy atom. The molecule has 0 rings (SSSR count). The van der Waals surface area contributed by atoms with E-state index < -0.39 is 0 Å². The summed E-state index contributed by atoms with van der Waals surface area (Å²) >= 11 is 0. The van der Waals surface area contributed by atoms with E-state index in [0.717, 1.165) is 0 Å². The Morgan fingerprint density at radius 1 is 0.750 bits per heavy atom. The van der Waals surface area contributed by atoms with Gasteiger partial charge in [-0.1, -0.05) is 0 Å². The number of rotatable bonds is 0. The molecule has 0 atom stereocenters. The smallest absolute Gasteiger partial charge is 2.00 e. The summed E-state index contributed by atoms with van der Waals surface area (Å²) in [6.45, 7) is 0. The maximum absolute atomic E-state index is 0. The van der Waals surface area contributed by atoms with Gasteiger partial charge < -0.3 is 11.0 Å². The summed E-state index contributed by atoms with van der Waals surface area (Å²) in [6.07, 6.45) is 0. The largest absolute Gasteiger partial charge is 4.00 e. The van der Waals surface area contributed by atoms with Crippen molar-refractivity contribution in [3.8, 4) is 0 Å². The quantitative estimate of drug-likeness (QED) is 0.592. The van der Waals surface area contributed by atoms with Gasteiger partial charge in [-0.15, -0.1) is 0 Å². The van der Waals surface area contributed by atoms with Crippen LogP contribution in [0.25, 0.3) is 0 Å². The van der Waals surface area contributed by atoms with Crippen molar-refractivity contribution in [2.45, 2.75) is 0 Å². The Hall–Kier alpha value is 1.49. The molecule has 0 aromatic heterocycles. The van der Waals surface area contributed by atoms with Gasteiger partial charge in [0.1, 0.15) is 0 Å². The fourth-order valence-corrected chi connectivity index (χ4v) is 0. The summed E-state index contributed by atoms with van der Waals surface area (Å²) in [5, 5.41) is 0. The van der Waals surface area contributed by atoms with E-state index in [4.69, 9.17) is 0 Å². The molecule has 0 heterocycles. The fraction of sp³-hybridized carbons (Fsp3) is 0. The molecule has 0 bridgehead atoms. The van der Waals surface area contributed by atoms with Gasteiger partial charge in [-0.2, -0.15) is 0 Å². The van der Waals surface area contributed by atoms with E-state index in [1.165, 1.54) is 0 Å². The molecular weight excluding hydrogens is 318 g/mol. The zero-order chi connectivity index (χ0) is 0. The van der Waals surface area contributed by atoms with Gasteiger partial charge in [0.2, 0.25) is 0 Å². The van der Waals surface area contributed by atoms with Crippen LogP contribution in [0.1, 0.15) is 0 Å². The molecular formula is O2PtZr+2. The first-order valence-corrected chi connectivity index (χ1v) is 0. The molecule has 24 valence electrons. The van der Waals surface area contributed by atoms with Crippen LogP contribution in [0.3, 0.4) is 0 Å². The van der Waals surface area contributed by atoms with E-state index in [1.54, 1.807) is 0 Å². The van der Waals surface area contributed by atoms with Gasteiger partial charge in [-0.05, 0) is 0 Å². The average Bonchev–Trinajstić information content (AvgIpc) is 0. The second-order valence-electron chi connectivity index (χ2n) is 0. The van der Waals surface area contributed by atoms with Gasteiger partial charge in [0.15, 0.2) is 0 Å². The molecule has 0 amide bonds. The normalized spacial score (nSPS) is 0.